The lowest BCUT2D eigenvalue weighted by molar-refractivity contribution is 0.584. The van der Waals surface area contributed by atoms with Crippen LogP contribution in [-0.2, 0) is 6.54 Å². The van der Waals surface area contributed by atoms with Crippen molar-refractivity contribution >= 4 is 0 Å². The fourth-order valence-electron chi connectivity index (χ4n) is 1.36. The van der Waals surface area contributed by atoms with E-state index in [1.807, 2.05) is 0 Å². The van der Waals surface area contributed by atoms with Gasteiger partial charge in [-0.1, -0.05) is 0 Å². The molecule has 0 aliphatic heterocycles. The van der Waals surface area contributed by atoms with Crippen LogP contribution in [0.1, 0.15) is 5.56 Å². The van der Waals surface area contributed by atoms with E-state index in [0.29, 0.717) is 12.1 Å². The number of halogens is 1. The maximum Gasteiger partial charge on any atom is 0.174 e. The minimum Gasteiger partial charge on any atom is -0.316 e. The van der Waals surface area contributed by atoms with Crippen LogP contribution >= 0.6 is 0 Å². The average molecular weight is 206 g/mol. The van der Waals surface area contributed by atoms with E-state index in [1.165, 1.54) is 6.33 Å². The zero-order valence-electron chi connectivity index (χ0n) is 8.31. The number of hydrogen-bond acceptors (Lipinski definition) is 3. The van der Waals surface area contributed by atoms with Crippen molar-refractivity contribution in [3.05, 3.63) is 42.4 Å². The highest BCUT2D eigenvalue weighted by molar-refractivity contribution is 5.30. The van der Waals surface area contributed by atoms with Gasteiger partial charge in [-0.05, 0) is 13.1 Å². The molecule has 0 aliphatic rings. The molecule has 2 aromatic heterocycles. The van der Waals surface area contributed by atoms with E-state index in [2.05, 4.69) is 15.3 Å². The summed E-state index contributed by atoms with van der Waals surface area (Å²) in [5.74, 6) is -0.0369. The number of nitrogens with one attached hydrogen (secondary N) is 1. The van der Waals surface area contributed by atoms with Gasteiger partial charge in [0, 0.05) is 30.7 Å². The molecular weight excluding hydrogens is 195 g/mol. The molecule has 0 bridgehead atoms. The third-order valence-corrected chi connectivity index (χ3v) is 2.07. The van der Waals surface area contributed by atoms with Crippen molar-refractivity contribution in [2.75, 3.05) is 7.05 Å². The van der Waals surface area contributed by atoms with Crippen LogP contribution in [0.15, 0.2) is 31.0 Å². The van der Waals surface area contributed by atoms with E-state index in [4.69, 9.17) is 0 Å². The topological polar surface area (TPSA) is 42.7 Å². The lowest BCUT2D eigenvalue weighted by Gasteiger charge is -2.06. The van der Waals surface area contributed by atoms with Gasteiger partial charge in [-0.15, -0.1) is 0 Å². The first-order valence-electron chi connectivity index (χ1n) is 4.59. The van der Waals surface area contributed by atoms with Gasteiger partial charge in [-0.2, -0.15) is 0 Å². The predicted molar refractivity (Wildman–Crippen MR) is 54.1 cm³/mol. The predicted octanol–water partition coefficient (Wildman–Crippen LogP) is 1.13. The Morgan fingerprint density at radius 2 is 2.33 bits per heavy atom. The van der Waals surface area contributed by atoms with Crippen molar-refractivity contribution in [3.63, 3.8) is 0 Å². The first-order chi connectivity index (χ1) is 7.33. The Morgan fingerprint density at radius 3 is 3.00 bits per heavy atom. The van der Waals surface area contributed by atoms with Crippen LogP contribution in [0, 0.1) is 5.82 Å². The van der Waals surface area contributed by atoms with Crippen molar-refractivity contribution in [1.29, 1.82) is 0 Å². The highest BCUT2D eigenvalue weighted by atomic mass is 19.1. The maximum absolute atomic E-state index is 13.9. The van der Waals surface area contributed by atoms with Crippen LogP contribution in [0.4, 0.5) is 4.39 Å². The monoisotopic (exact) mass is 206 g/mol. The number of pyridine rings is 1. The fourth-order valence-corrected chi connectivity index (χ4v) is 1.36. The Labute approximate surface area is 86.8 Å². The van der Waals surface area contributed by atoms with Gasteiger partial charge >= 0.3 is 0 Å². The molecule has 5 heteroatoms. The van der Waals surface area contributed by atoms with Gasteiger partial charge in [-0.3, -0.25) is 4.57 Å². The second-order valence-corrected chi connectivity index (χ2v) is 3.11. The van der Waals surface area contributed by atoms with Crippen LogP contribution in [0.25, 0.3) is 5.82 Å². The Kier molecular flexibility index (Phi) is 2.73. The standard InChI is InChI=1S/C10H11FN4/c1-12-6-8-2-3-14-10(9(8)11)15-5-4-13-7-15/h2-5,7,12H,6H2,1H3. The molecule has 0 fully saturated rings. The van der Waals surface area contributed by atoms with Gasteiger partial charge < -0.3 is 5.32 Å². The molecule has 1 N–H and O–H groups in total. The molecule has 2 heterocycles. The Bertz CT molecular complexity index is 439. The molecule has 78 valence electrons. The molecular formula is C10H11FN4. The van der Waals surface area contributed by atoms with E-state index in [-0.39, 0.29) is 11.6 Å². The summed E-state index contributed by atoms with van der Waals surface area (Å²) in [4.78, 5) is 7.84. The minimum atomic E-state index is -0.315. The summed E-state index contributed by atoms with van der Waals surface area (Å²) >= 11 is 0. The van der Waals surface area contributed by atoms with Crippen LogP contribution in [0.2, 0.25) is 0 Å². The van der Waals surface area contributed by atoms with Crippen molar-refractivity contribution in [1.82, 2.24) is 19.9 Å². The number of aromatic nitrogens is 3. The molecule has 15 heavy (non-hydrogen) atoms. The van der Waals surface area contributed by atoms with E-state index in [1.54, 1.807) is 36.3 Å². The third kappa shape index (κ3) is 1.87. The van der Waals surface area contributed by atoms with Gasteiger partial charge in [0.15, 0.2) is 11.6 Å². The number of imidazole rings is 1. The molecule has 0 unspecified atom stereocenters. The first-order valence-corrected chi connectivity index (χ1v) is 4.59. The number of nitrogens with zero attached hydrogens (tertiary/aromatic N) is 3. The van der Waals surface area contributed by atoms with Gasteiger partial charge in [0.25, 0.3) is 0 Å². The van der Waals surface area contributed by atoms with Gasteiger partial charge in [-0.25, -0.2) is 14.4 Å². The second kappa shape index (κ2) is 4.18. The summed E-state index contributed by atoms with van der Waals surface area (Å²) in [6, 6.07) is 1.66. The summed E-state index contributed by atoms with van der Waals surface area (Å²) in [5.41, 5.74) is 0.594. The minimum absolute atomic E-state index is 0.278. The van der Waals surface area contributed by atoms with E-state index in [9.17, 15) is 4.39 Å². The smallest absolute Gasteiger partial charge is 0.174 e. The molecule has 0 saturated carbocycles. The number of rotatable bonds is 3. The van der Waals surface area contributed by atoms with Crippen molar-refractivity contribution in [2.24, 2.45) is 0 Å². The van der Waals surface area contributed by atoms with Crippen LogP contribution in [0.3, 0.4) is 0 Å². The Balaban J connectivity index is 2.45. The zero-order chi connectivity index (χ0) is 10.7. The SMILES string of the molecule is CNCc1ccnc(-n2ccnc2)c1F. The van der Waals surface area contributed by atoms with Crippen LogP contribution in [0.5, 0.6) is 0 Å². The molecule has 2 rings (SSSR count). The normalized spacial score (nSPS) is 10.5. The fraction of sp³-hybridized carbons (Fsp3) is 0.200. The second-order valence-electron chi connectivity index (χ2n) is 3.11. The largest absolute Gasteiger partial charge is 0.316 e. The molecule has 0 atom stereocenters. The van der Waals surface area contributed by atoms with Crippen molar-refractivity contribution in [3.8, 4) is 5.82 Å². The van der Waals surface area contributed by atoms with E-state index >= 15 is 0 Å². The van der Waals surface area contributed by atoms with Crippen LogP contribution < -0.4 is 5.32 Å². The van der Waals surface area contributed by atoms with E-state index in [0.717, 1.165) is 0 Å². The molecule has 0 saturated heterocycles. The molecule has 0 amide bonds. The molecule has 0 aromatic carbocycles. The number of hydrogen-bond donors (Lipinski definition) is 1. The summed E-state index contributed by atoms with van der Waals surface area (Å²) in [7, 11) is 1.77. The highest BCUT2D eigenvalue weighted by Gasteiger charge is 2.09. The Morgan fingerprint density at radius 1 is 1.47 bits per heavy atom. The maximum atomic E-state index is 13.9. The quantitative estimate of drug-likeness (QED) is 0.818. The lowest BCUT2D eigenvalue weighted by Crippen LogP contribution is -2.10. The highest BCUT2D eigenvalue weighted by Crippen LogP contribution is 2.13. The van der Waals surface area contributed by atoms with E-state index < -0.39 is 0 Å². The zero-order valence-corrected chi connectivity index (χ0v) is 8.31. The summed E-state index contributed by atoms with van der Waals surface area (Å²) in [6.07, 6.45) is 6.36. The van der Waals surface area contributed by atoms with Crippen molar-refractivity contribution in [2.45, 2.75) is 6.54 Å². The first kappa shape index (κ1) is 9.79. The average Bonchev–Trinajstić information content (AvgIpc) is 2.74. The van der Waals surface area contributed by atoms with Crippen molar-refractivity contribution < 1.29 is 4.39 Å². The van der Waals surface area contributed by atoms with Crippen LogP contribution in [-0.4, -0.2) is 21.6 Å². The molecule has 0 radical (unpaired) electrons. The molecule has 0 spiro atoms. The molecule has 2 aromatic rings. The summed E-state index contributed by atoms with van der Waals surface area (Å²) in [5, 5.41) is 2.90. The van der Waals surface area contributed by atoms with Gasteiger partial charge in [0.05, 0.1) is 0 Å². The van der Waals surface area contributed by atoms with Gasteiger partial charge in [0.1, 0.15) is 6.33 Å². The summed E-state index contributed by atoms with van der Waals surface area (Å²) < 4.78 is 15.4. The molecule has 4 nitrogen and oxygen atoms in total. The van der Waals surface area contributed by atoms with Gasteiger partial charge in [0.2, 0.25) is 0 Å². The lowest BCUT2D eigenvalue weighted by atomic mass is 10.2. The Hall–Kier alpha value is -1.75. The third-order valence-electron chi connectivity index (χ3n) is 2.07. The summed E-state index contributed by atoms with van der Waals surface area (Å²) in [6.45, 7) is 0.482. The molecule has 0 aliphatic carbocycles.